The molecule has 2 N–H and O–H groups in total. The largest absolute Gasteiger partial charge is 0.497 e. The number of hydrogen-bond donors (Lipinski definition) is 1. The van der Waals surface area contributed by atoms with Gasteiger partial charge in [0.1, 0.15) is 11.9 Å². The van der Waals surface area contributed by atoms with E-state index in [-0.39, 0.29) is 12.5 Å². The Hall–Kier alpha value is -1.62. The van der Waals surface area contributed by atoms with Gasteiger partial charge in [-0.25, -0.2) is 4.39 Å². The minimum absolute atomic E-state index is 0.170. The second kappa shape index (κ2) is 6.02. The van der Waals surface area contributed by atoms with Gasteiger partial charge in [-0.2, -0.15) is 0 Å². The maximum atomic E-state index is 13.1. The highest BCUT2D eigenvalue weighted by molar-refractivity contribution is 5.82. The van der Waals surface area contributed by atoms with Gasteiger partial charge in [0.15, 0.2) is 0 Å². The summed E-state index contributed by atoms with van der Waals surface area (Å²) in [7, 11) is 1.60. The van der Waals surface area contributed by atoms with Gasteiger partial charge in [0.25, 0.3) is 0 Å². The Balaban J connectivity index is 1.92. The molecule has 2 atom stereocenters. The first-order valence-electron chi connectivity index (χ1n) is 6.41. The summed E-state index contributed by atoms with van der Waals surface area (Å²) in [5.41, 5.74) is 6.87. The highest BCUT2D eigenvalue weighted by Crippen LogP contribution is 2.16. The van der Waals surface area contributed by atoms with Gasteiger partial charge in [0.2, 0.25) is 5.91 Å². The molecule has 0 radical (unpaired) electrons. The van der Waals surface area contributed by atoms with Crippen molar-refractivity contribution in [3.63, 3.8) is 0 Å². The van der Waals surface area contributed by atoms with Crippen LogP contribution in [0.15, 0.2) is 24.3 Å². The van der Waals surface area contributed by atoms with Crippen molar-refractivity contribution in [2.45, 2.75) is 25.1 Å². The molecule has 2 rings (SSSR count). The van der Waals surface area contributed by atoms with E-state index in [1.165, 1.54) is 4.90 Å². The van der Waals surface area contributed by atoms with Gasteiger partial charge >= 0.3 is 0 Å². The minimum atomic E-state index is -0.905. The maximum Gasteiger partial charge on any atom is 0.239 e. The van der Waals surface area contributed by atoms with Crippen molar-refractivity contribution in [3.8, 4) is 5.75 Å². The summed E-state index contributed by atoms with van der Waals surface area (Å²) in [6.07, 6.45) is -0.0331. The van der Waals surface area contributed by atoms with Gasteiger partial charge in [-0.05, 0) is 30.5 Å². The molecule has 1 aromatic carbocycles. The number of hydrogen-bond acceptors (Lipinski definition) is 3. The topological polar surface area (TPSA) is 55.6 Å². The fourth-order valence-corrected chi connectivity index (χ4v) is 2.26. The van der Waals surface area contributed by atoms with Crippen LogP contribution in [0.4, 0.5) is 4.39 Å². The lowest BCUT2D eigenvalue weighted by Gasteiger charge is -2.20. The molecule has 4 nitrogen and oxygen atoms in total. The average Bonchev–Trinajstić information content (AvgIpc) is 2.85. The van der Waals surface area contributed by atoms with Crippen molar-refractivity contribution in [2.75, 3.05) is 20.2 Å². The Kier molecular flexibility index (Phi) is 4.37. The van der Waals surface area contributed by atoms with E-state index >= 15 is 0 Å². The summed E-state index contributed by atoms with van der Waals surface area (Å²) in [6, 6.07) is 6.82. The van der Waals surface area contributed by atoms with Crippen molar-refractivity contribution in [1.29, 1.82) is 0 Å². The van der Waals surface area contributed by atoms with E-state index < -0.39 is 12.2 Å². The molecule has 5 heteroatoms. The highest BCUT2D eigenvalue weighted by Gasteiger charge is 2.29. The molecular weight excluding hydrogens is 247 g/mol. The van der Waals surface area contributed by atoms with E-state index in [0.717, 1.165) is 11.3 Å². The minimum Gasteiger partial charge on any atom is -0.497 e. The molecule has 104 valence electrons. The van der Waals surface area contributed by atoms with Crippen molar-refractivity contribution in [3.05, 3.63) is 29.8 Å². The van der Waals surface area contributed by atoms with Gasteiger partial charge in [0.05, 0.1) is 19.7 Å². The molecule has 0 aliphatic carbocycles. The molecule has 0 aromatic heterocycles. The van der Waals surface area contributed by atoms with Crippen LogP contribution in [-0.4, -0.2) is 43.2 Å². The number of nitrogens with zero attached hydrogens (tertiary/aromatic N) is 1. The Morgan fingerprint density at radius 1 is 1.53 bits per heavy atom. The summed E-state index contributed by atoms with van der Waals surface area (Å²) in [5.74, 6) is 0.597. The van der Waals surface area contributed by atoms with Crippen LogP contribution >= 0.6 is 0 Å². The van der Waals surface area contributed by atoms with Crippen molar-refractivity contribution < 1.29 is 13.9 Å². The molecule has 1 heterocycles. The molecule has 0 saturated carbocycles. The second-order valence-corrected chi connectivity index (χ2v) is 4.83. The standard InChI is InChI=1S/C14H19FN2O2/c1-19-12-4-2-10(3-5-12)8-13(16)14(18)17-7-6-11(15)9-17/h2-5,11,13H,6-9,16H2,1H3/t11-,13+/m1/s1. The van der Waals surface area contributed by atoms with E-state index in [2.05, 4.69) is 0 Å². The Bertz CT molecular complexity index is 436. The normalized spacial score (nSPS) is 20.4. The number of nitrogens with two attached hydrogens (primary N) is 1. The first kappa shape index (κ1) is 13.8. The lowest BCUT2D eigenvalue weighted by atomic mass is 10.1. The summed E-state index contributed by atoms with van der Waals surface area (Å²) in [5, 5.41) is 0. The summed E-state index contributed by atoms with van der Waals surface area (Å²) < 4.78 is 18.1. The van der Waals surface area contributed by atoms with E-state index in [4.69, 9.17) is 10.5 Å². The van der Waals surface area contributed by atoms with Crippen LogP contribution < -0.4 is 10.5 Å². The summed E-state index contributed by atoms with van der Waals surface area (Å²) in [6.45, 7) is 0.644. The third kappa shape index (κ3) is 3.44. The van der Waals surface area contributed by atoms with Crippen LogP contribution in [0.2, 0.25) is 0 Å². The van der Waals surface area contributed by atoms with Gasteiger partial charge in [-0.15, -0.1) is 0 Å². The molecular formula is C14H19FN2O2. The molecule has 1 aromatic rings. The number of rotatable bonds is 4. The molecule has 1 amide bonds. The van der Waals surface area contributed by atoms with Crippen LogP contribution in [0, 0.1) is 0 Å². The molecule has 1 aliphatic rings. The first-order valence-corrected chi connectivity index (χ1v) is 6.41. The number of ether oxygens (including phenoxy) is 1. The summed E-state index contributed by atoms with van der Waals surface area (Å²) >= 11 is 0. The molecule has 1 fully saturated rings. The number of carbonyl (C=O) groups is 1. The molecule has 1 saturated heterocycles. The number of benzene rings is 1. The van der Waals surface area contributed by atoms with Crippen LogP contribution in [0.1, 0.15) is 12.0 Å². The predicted octanol–water partition coefficient (Wildman–Crippen LogP) is 1.14. The number of amides is 1. The van der Waals surface area contributed by atoms with Crippen LogP contribution in [-0.2, 0) is 11.2 Å². The van der Waals surface area contributed by atoms with E-state index in [0.29, 0.717) is 19.4 Å². The van der Waals surface area contributed by atoms with Crippen LogP contribution in [0.5, 0.6) is 5.75 Å². The van der Waals surface area contributed by atoms with Crippen molar-refractivity contribution >= 4 is 5.91 Å². The van der Waals surface area contributed by atoms with E-state index in [1.807, 2.05) is 24.3 Å². The second-order valence-electron chi connectivity index (χ2n) is 4.83. The fraction of sp³-hybridized carbons (Fsp3) is 0.500. The maximum absolute atomic E-state index is 13.1. The number of methoxy groups -OCH3 is 1. The third-order valence-corrected chi connectivity index (χ3v) is 3.37. The Morgan fingerprint density at radius 3 is 2.74 bits per heavy atom. The number of likely N-dealkylation sites (tertiary alicyclic amines) is 1. The quantitative estimate of drug-likeness (QED) is 0.889. The molecule has 0 unspecified atom stereocenters. The van der Waals surface area contributed by atoms with Crippen LogP contribution in [0.25, 0.3) is 0 Å². The molecule has 19 heavy (non-hydrogen) atoms. The Labute approximate surface area is 112 Å². The van der Waals surface area contributed by atoms with Gasteiger partial charge in [-0.3, -0.25) is 4.79 Å². The lowest BCUT2D eigenvalue weighted by Crippen LogP contribution is -2.44. The van der Waals surface area contributed by atoms with Crippen molar-refractivity contribution in [2.24, 2.45) is 5.73 Å². The van der Waals surface area contributed by atoms with E-state index in [9.17, 15) is 9.18 Å². The third-order valence-electron chi connectivity index (χ3n) is 3.37. The zero-order valence-electron chi connectivity index (χ0n) is 11.0. The molecule has 0 bridgehead atoms. The van der Waals surface area contributed by atoms with Gasteiger partial charge in [0, 0.05) is 6.54 Å². The van der Waals surface area contributed by atoms with Gasteiger partial charge in [-0.1, -0.05) is 12.1 Å². The number of halogens is 1. The lowest BCUT2D eigenvalue weighted by molar-refractivity contribution is -0.131. The van der Waals surface area contributed by atoms with Crippen molar-refractivity contribution in [1.82, 2.24) is 4.90 Å². The Morgan fingerprint density at radius 2 is 2.21 bits per heavy atom. The highest BCUT2D eigenvalue weighted by atomic mass is 19.1. The SMILES string of the molecule is COc1ccc(C[C@H](N)C(=O)N2CC[C@@H](F)C2)cc1. The van der Waals surface area contributed by atoms with Crippen LogP contribution in [0.3, 0.4) is 0 Å². The molecule has 0 spiro atoms. The smallest absolute Gasteiger partial charge is 0.239 e. The fourth-order valence-electron chi connectivity index (χ4n) is 2.26. The first-order chi connectivity index (χ1) is 9.10. The zero-order chi connectivity index (χ0) is 13.8. The zero-order valence-corrected chi connectivity index (χ0v) is 11.0. The monoisotopic (exact) mass is 266 g/mol. The molecule has 1 aliphatic heterocycles. The summed E-state index contributed by atoms with van der Waals surface area (Å²) in [4.78, 5) is 13.5. The predicted molar refractivity (Wildman–Crippen MR) is 70.8 cm³/mol. The number of carbonyl (C=O) groups excluding carboxylic acids is 1. The van der Waals surface area contributed by atoms with Gasteiger partial charge < -0.3 is 15.4 Å². The average molecular weight is 266 g/mol. The number of alkyl halides is 1. The van der Waals surface area contributed by atoms with E-state index in [1.54, 1.807) is 7.11 Å².